The molecule has 2 nitrogen and oxygen atoms in total. The van der Waals surface area contributed by atoms with Gasteiger partial charge in [-0.2, -0.15) is 0 Å². The smallest absolute Gasteiger partial charge is 0.147 e. The van der Waals surface area contributed by atoms with Crippen molar-refractivity contribution in [2.24, 2.45) is 0 Å². The summed E-state index contributed by atoms with van der Waals surface area (Å²) >= 11 is 6.95. The summed E-state index contributed by atoms with van der Waals surface area (Å²) in [6.07, 6.45) is 5.42. The maximum Gasteiger partial charge on any atom is 0.147 e. The van der Waals surface area contributed by atoms with Crippen LogP contribution in [-0.4, -0.2) is 12.6 Å². The van der Waals surface area contributed by atoms with Gasteiger partial charge in [0.05, 0.1) is 21.6 Å². The third-order valence-corrected chi connectivity index (χ3v) is 3.54. The molecule has 1 N–H and O–H groups in total. The van der Waals surface area contributed by atoms with Crippen molar-refractivity contribution in [1.82, 2.24) is 5.32 Å². The second-order valence-electron chi connectivity index (χ2n) is 4.22. The van der Waals surface area contributed by atoms with E-state index in [0.29, 0.717) is 6.54 Å². The molecule has 0 saturated heterocycles. The van der Waals surface area contributed by atoms with E-state index in [0.717, 1.165) is 20.3 Å². The molecule has 0 aliphatic carbocycles. The molecule has 4 heteroatoms. The number of hydrogen-bond acceptors (Lipinski definition) is 2. The average molecular weight is 361 g/mol. The summed E-state index contributed by atoms with van der Waals surface area (Å²) in [6.45, 7) is 4.65. The fourth-order valence-corrected chi connectivity index (χ4v) is 2.89. The van der Waals surface area contributed by atoms with Crippen LogP contribution in [0, 0.1) is 12.3 Å². The maximum absolute atomic E-state index is 5.42. The molecule has 1 rings (SSSR count). The van der Waals surface area contributed by atoms with Crippen molar-refractivity contribution in [3.05, 3.63) is 26.6 Å². The summed E-state index contributed by atoms with van der Waals surface area (Å²) in [5.41, 5.74) is 0.826. The van der Waals surface area contributed by atoms with Gasteiger partial charge in [0.15, 0.2) is 0 Å². The lowest BCUT2D eigenvalue weighted by molar-refractivity contribution is 0.409. The van der Waals surface area contributed by atoms with Gasteiger partial charge in [0.1, 0.15) is 5.75 Å². The largest absolute Gasteiger partial charge is 0.494 e. The van der Waals surface area contributed by atoms with Gasteiger partial charge >= 0.3 is 0 Å². The van der Waals surface area contributed by atoms with Gasteiger partial charge in [-0.3, -0.25) is 5.32 Å². The molecule has 17 heavy (non-hydrogen) atoms. The number of methoxy groups -OCH3 is 1. The van der Waals surface area contributed by atoms with Crippen LogP contribution in [0.4, 0.5) is 0 Å². The highest BCUT2D eigenvalue weighted by molar-refractivity contribution is 9.11. The van der Waals surface area contributed by atoms with E-state index in [1.807, 2.05) is 26.0 Å². The van der Waals surface area contributed by atoms with Crippen LogP contribution in [0.1, 0.15) is 19.4 Å². The van der Waals surface area contributed by atoms with Gasteiger partial charge < -0.3 is 4.74 Å². The molecule has 0 radical (unpaired) electrons. The topological polar surface area (TPSA) is 21.3 Å². The molecule has 0 bridgehead atoms. The molecular weight excluding hydrogens is 346 g/mol. The third-order valence-electron chi connectivity index (χ3n) is 2.36. The van der Waals surface area contributed by atoms with E-state index in [9.17, 15) is 0 Å². The molecule has 1 aromatic carbocycles. The van der Waals surface area contributed by atoms with E-state index in [2.05, 4.69) is 43.1 Å². The normalized spacial score (nSPS) is 11.1. The molecular formula is C13H15Br2NO. The molecule has 0 spiro atoms. The first-order chi connectivity index (χ1) is 7.89. The average Bonchev–Trinajstić information content (AvgIpc) is 2.26. The van der Waals surface area contributed by atoms with Crippen LogP contribution in [-0.2, 0) is 6.54 Å². The summed E-state index contributed by atoms with van der Waals surface area (Å²) < 4.78 is 7.09. The minimum absolute atomic E-state index is 0.307. The van der Waals surface area contributed by atoms with Crippen LogP contribution in [0.15, 0.2) is 21.1 Å². The highest BCUT2D eigenvalue weighted by Crippen LogP contribution is 2.34. The number of terminal acetylenes is 1. The minimum atomic E-state index is -0.307. The maximum atomic E-state index is 5.42. The third kappa shape index (κ3) is 4.02. The van der Waals surface area contributed by atoms with E-state index in [4.69, 9.17) is 11.2 Å². The Labute approximate surface area is 119 Å². The zero-order chi connectivity index (χ0) is 13.1. The monoisotopic (exact) mass is 359 g/mol. The number of ether oxygens (including phenoxy) is 1. The van der Waals surface area contributed by atoms with Crippen LogP contribution in [0.3, 0.4) is 0 Å². The predicted molar refractivity (Wildman–Crippen MR) is 78.1 cm³/mol. The van der Waals surface area contributed by atoms with Gasteiger partial charge in [0, 0.05) is 6.54 Å². The first-order valence-corrected chi connectivity index (χ1v) is 6.73. The SMILES string of the molecule is C#CC(C)(C)NCc1cc(Br)c(OC)c(Br)c1. The summed E-state index contributed by atoms with van der Waals surface area (Å²) in [7, 11) is 1.64. The van der Waals surface area contributed by atoms with Crippen molar-refractivity contribution >= 4 is 31.9 Å². The zero-order valence-electron chi connectivity index (χ0n) is 10.1. The lowest BCUT2D eigenvalue weighted by Gasteiger charge is -2.20. The lowest BCUT2D eigenvalue weighted by Crippen LogP contribution is -2.36. The number of rotatable bonds is 4. The summed E-state index contributed by atoms with van der Waals surface area (Å²) in [4.78, 5) is 0. The molecule has 0 saturated carbocycles. The Hall–Kier alpha value is -0.500. The first-order valence-electron chi connectivity index (χ1n) is 5.14. The number of nitrogens with one attached hydrogen (secondary N) is 1. The van der Waals surface area contributed by atoms with Crippen LogP contribution in [0.5, 0.6) is 5.75 Å². The van der Waals surface area contributed by atoms with Crippen molar-refractivity contribution in [1.29, 1.82) is 0 Å². The summed E-state index contributed by atoms with van der Waals surface area (Å²) in [5.74, 6) is 3.50. The number of hydrogen-bond donors (Lipinski definition) is 1. The minimum Gasteiger partial charge on any atom is -0.494 e. The molecule has 0 atom stereocenters. The molecule has 0 aliphatic heterocycles. The molecule has 0 aromatic heterocycles. The van der Waals surface area contributed by atoms with Gasteiger partial charge in [0.25, 0.3) is 0 Å². The Morgan fingerprint density at radius 1 is 1.35 bits per heavy atom. The van der Waals surface area contributed by atoms with Crippen molar-refractivity contribution in [3.8, 4) is 18.1 Å². The highest BCUT2D eigenvalue weighted by Gasteiger charge is 2.13. The second-order valence-corrected chi connectivity index (χ2v) is 5.92. The van der Waals surface area contributed by atoms with Gasteiger partial charge in [-0.05, 0) is 63.4 Å². The fourth-order valence-electron chi connectivity index (χ4n) is 1.28. The highest BCUT2D eigenvalue weighted by atomic mass is 79.9. The Balaban J connectivity index is 2.85. The van der Waals surface area contributed by atoms with E-state index in [1.165, 1.54) is 0 Å². The second kappa shape index (κ2) is 5.90. The summed E-state index contributed by atoms with van der Waals surface area (Å²) in [6, 6.07) is 4.03. The number of halogens is 2. The molecule has 92 valence electrons. The van der Waals surface area contributed by atoms with Crippen LogP contribution in [0.2, 0.25) is 0 Å². The van der Waals surface area contributed by atoms with Crippen molar-refractivity contribution in [2.45, 2.75) is 25.9 Å². The van der Waals surface area contributed by atoms with E-state index in [1.54, 1.807) is 7.11 Å². The Bertz CT molecular complexity index is 426. The molecule has 1 aromatic rings. The van der Waals surface area contributed by atoms with Crippen LogP contribution in [0.25, 0.3) is 0 Å². The van der Waals surface area contributed by atoms with Crippen molar-refractivity contribution < 1.29 is 4.74 Å². The molecule has 0 fully saturated rings. The standard InChI is InChI=1S/C13H15Br2NO/c1-5-13(2,3)16-8-9-6-10(14)12(17-4)11(15)7-9/h1,6-7,16H,8H2,2-4H3. The summed E-state index contributed by atoms with van der Waals surface area (Å²) in [5, 5.41) is 3.30. The van der Waals surface area contributed by atoms with Gasteiger partial charge in [-0.15, -0.1) is 6.42 Å². The van der Waals surface area contributed by atoms with E-state index >= 15 is 0 Å². The Kier molecular flexibility index (Phi) is 5.05. The van der Waals surface area contributed by atoms with Gasteiger partial charge in [-0.1, -0.05) is 5.92 Å². The van der Waals surface area contributed by atoms with Crippen LogP contribution < -0.4 is 10.1 Å². The first kappa shape index (κ1) is 14.6. The van der Waals surface area contributed by atoms with Gasteiger partial charge in [0.2, 0.25) is 0 Å². The Morgan fingerprint density at radius 3 is 2.29 bits per heavy atom. The Morgan fingerprint density at radius 2 is 1.88 bits per heavy atom. The van der Waals surface area contributed by atoms with Gasteiger partial charge in [-0.25, -0.2) is 0 Å². The van der Waals surface area contributed by atoms with Crippen molar-refractivity contribution in [3.63, 3.8) is 0 Å². The zero-order valence-corrected chi connectivity index (χ0v) is 13.3. The molecule has 0 heterocycles. The van der Waals surface area contributed by atoms with Crippen LogP contribution >= 0.6 is 31.9 Å². The fraction of sp³-hybridized carbons (Fsp3) is 0.385. The molecule has 0 unspecified atom stereocenters. The quantitative estimate of drug-likeness (QED) is 0.826. The van der Waals surface area contributed by atoms with E-state index < -0.39 is 0 Å². The molecule has 0 amide bonds. The lowest BCUT2D eigenvalue weighted by atomic mass is 10.1. The van der Waals surface area contributed by atoms with Crippen molar-refractivity contribution in [2.75, 3.05) is 7.11 Å². The predicted octanol–water partition coefficient (Wildman–Crippen LogP) is 3.72. The number of benzene rings is 1. The molecule has 0 aliphatic rings. The van der Waals surface area contributed by atoms with E-state index in [-0.39, 0.29) is 5.54 Å².